The Morgan fingerprint density at radius 3 is 2.79 bits per heavy atom. The summed E-state index contributed by atoms with van der Waals surface area (Å²) in [5, 5.41) is 9.75. The Hall–Kier alpha value is -1.37. The molecule has 1 heterocycles. The lowest BCUT2D eigenvalue weighted by Crippen LogP contribution is -2.38. The van der Waals surface area contributed by atoms with Gasteiger partial charge in [-0.3, -0.25) is 9.59 Å². The summed E-state index contributed by atoms with van der Waals surface area (Å²) in [7, 11) is 0. The molecule has 0 bridgehead atoms. The Morgan fingerprint density at radius 2 is 2.21 bits per heavy atom. The minimum atomic E-state index is -0.431. The van der Waals surface area contributed by atoms with Gasteiger partial charge >= 0.3 is 0 Å². The first-order valence-corrected chi connectivity index (χ1v) is 7.10. The van der Waals surface area contributed by atoms with Gasteiger partial charge in [-0.25, -0.2) is 4.68 Å². The fourth-order valence-electron chi connectivity index (χ4n) is 1.56. The van der Waals surface area contributed by atoms with E-state index in [4.69, 9.17) is 0 Å². The van der Waals surface area contributed by atoms with Crippen LogP contribution in [0.1, 0.15) is 27.2 Å². The lowest BCUT2D eigenvalue weighted by atomic mass is 10.3. The summed E-state index contributed by atoms with van der Waals surface area (Å²) in [5.74, 6) is -0.118. The number of nitrogens with one attached hydrogen (secondary N) is 2. The van der Waals surface area contributed by atoms with Crippen molar-refractivity contribution in [3.05, 3.63) is 21.0 Å². The number of halogens is 1. The molecule has 7 heteroatoms. The van der Waals surface area contributed by atoms with Gasteiger partial charge in [0.05, 0.1) is 11.9 Å². The number of hydrogen-bond donors (Lipinski definition) is 2. The first kappa shape index (κ1) is 15.7. The van der Waals surface area contributed by atoms with Gasteiger partial charge < -0.3 is 10.6 Å². The molecule has 19 heavy (non-hydrogen) atoms. The molecule has 0 aliphatic heterocycles. The highest BCUT2D eigenvalue weighted by Crippen LogP contribution is 2.17. The third kappa shape index (κ3) is 4.05. The number of carbonyl (C=O) groups excluding carboxylic acids is 1. The van der Waals surface area contributed by atoms with Crippen LogP contribution >= 0.6 is 15.9 Å². The second kappa shape index (κ2) is 7.28. The zero-order chi connectivity index (χ0) is 14.4. The average Bonchev–Trinajstić information content (AvgIpc) is 2.38. The molecule has 6 nitrogen and oxygen atoms in total. The summed E-state index contributed by atoms with van der Waals surface area (Å²) >= 11 is 3.25. The van der Waals surface area contributed by atoms with E-state index in [2.05, 4.69) is 31.7 Å². The van der Waals surface area contributed by atoms with Crippen molar-refractivity contribution in [1.29, 1.82) is 0 Å². The molecule has 1 rings (SSSR count). The Bertz CT molecular complexity index is 501. The van der Waals surface area contributed by atoms with Gasteiger partial charge in [-0.2, -0.15) is 5.10 Å². The highest BCUT2D eigenvalue weighted by atomic mass is 79.9. The van der Waals surface area contributed by atoms with E-state index in [1.165, 1.54) is 4.68 Å². The fraction of sp³-hybridized carbons (Fsp3) is 0.583. The highest BCUT2D eigenvalue weighted by Gasteiger charge is 2.15. The summed E-state index contributed by atoms with van der Waals surface area (Å²) in [6.07, 6.45) is 2.39. The molecule has 0 aliphatic rings. The number of likely N-dealkylation sites (N-methyl/N-ethyl adjacent to an activating group) is 1. The molecule has 0 fully saturated rings. The van der Waals surface area contributed by atoms with Crippen LogP contribution < -0.4 is 16.2 Å². The van der Waals surface area contributed by atoms with Crippen LogP contribution in [0.25, 0.3) is 0 Å². The maximum absolute atomic E-state index is 12.0. The van der Waals surface area contributed by atoms with Crippen molar-refractivity contribution >= 4 is 27.5 Å². The van der Waals surface area contributed by atoms with Crippen molar-refractivity contribution in [1.82, 2.24) is 15.1 Å². The molecule has 1 aromatic rings. The van der Waals surface area contributed by atoms with E-state index in [1.54, 1.807) is 13.1 Å². The molecule has 0 spiro atoms. The predicted octanol–water partition coefficient (Wildman–Crippen LogP) is 1.35. The van der Waals surface area contributed by atoms with E-state index in [-0.39, 0.29) is 11.5 Å². The van der Waals surface area contributed by atoms with Crippen LogP contribution in [0.4, 0.5) is 5.69 Å². The van der Waals surface area contributed by atoms with E-state index in [0.717, 1.165) is 6.42 Å². The largest absolute Gasteiger partial charge is 0.372 e. The van der Waals surface area contributed by atoms with Gasteiger partial charge in [0.1, 0.15) is 10.5 Å². The molecule has 1 aromatic heterocycles. The highest BCUT2D eigenvalue weighted by molar-refractivity contribution is 9.10. The average molecular weight is 331 g/mol. The molecular formula is C12H19BrN4O2. The lowest BCUT2D eigenvalue weighted by Gasteiger charge is -2.15. The molecule has 0 radical (unpaired) electrons. The van der Waals surface area contributed by atoms with Gasteiger partial charge in [-0.15, -0.1) is 0 Å². The monoisotopic (exact) mass is 330 g/mol. The van der Waals surface area contributed by atoms with E-state index in [9.17, 15) is 9.59 Å². The van der Waals surface area contributed by atoms with E-state index >= 15 is 0 Å². The van der Waals surface area contributed by atoms with Crippen LogP contribution in [0, 0.1) is 0 Å². The molecule has 106 valence electrons. The first-order chi connectivity index (χ1) is 9.01. The van der Waals surface area contributed by atoms with Crippen molar-refractivity contribution < 1.29 is 4.79 Å². The summed E-state index contributed by atoms with van der Waals surface area (Å²) in [6.45, 7) is 6.71. The maximum atomic E-state index is 12.0. The molecule has 0 saturated carbocycles. The SMILES string of the molecule is CCCn1ncc(NC(C)C(=O)NCC)c(Br)c1=O. The molecule has 1 amide bonds. The van der Waals surface area contributed by atoms with Gasteiger partial charge in [0, 0.05) is 13.1 Å². The third-order valence-electron chi connectivity index (χ3n) is 2.54. The van der Waals surface area contributed by atoms with Crippen LogP contribution in [-0.2, 0) is 11.3 Å². The Morgan fingerprint density at radius 1 is 1.53 bits per heavy atom. The minimum absolute atomic E-state index is 0.118. The Balaban J connectivity index is 2.88. The normalized spacial score (nSPS) is 12.0. The number of aryl methyl sites for hydroxylation is 1. The smallest absolute Gasteiger partial charge is 0.283 e. The summed E-state index contributed by atoms with van der Waals surface area (Å²) in [4.78, 5) is 23.6. The quantitative estimate of drug-likeness (QED) is 0.825. The number of carbonyl (C=O) groups is 1. The third-order valence-corrected chi connectivity index (χ3v) is 3.30. The second-order valence-electron chi connectivity index (χ2n) is 4.16. The topological polar surface area (TPSA) is 76.0 Å². The second-order valence-corrected chi connectivity index (χ2v) is 4.95. The van der Waals surface area contributed by atoms with Gasteiger partial charge in [0.25, 0.3) is 5.56 Å². The molecule has 0 aromatic carbocycles. The van der Waals surface area contributed by atoms with Crippen LogP contribution in [-0.4, -0.2) is 28.3 Å². The standard InChI is InChI=1S/C12H19BrN4O2/c1-4-6-17-12(19)10(13)9(7-15-17)16-8(3)11(18)14-5-2/h7-8,16H,4-6H2,1-3H3,(H,14,18). The molecule has 1 unspecified atom stereocenters. The van der Waals surface area contributed by atoms with Gasteiger partial charge in [0.15, 0.2) is 0 Å². The number of nitrogens with zero attached hydrogens (tertiary/aromatic N) is 2. The van der Waals surface area contributed by atoms with Crippen LogP contribution in [0.15, 0.2) is 15.5 Å². The van der Waals surface area contributed by atoms with Gasteiger partial charge in [-0.1, -0.05) is 6.92 Å². The number of aromatic nitrogens is 2. The first-order valence-electron chi connectivity index (χ1n) is 6.31. The van der Waals surface area contributed by atoms with Crippen molar-refractivity contribution in [3.8, 4) is 0 Å². The maximum Gasteiger partial charge on any atom is 0.283 e. The molecular weight excluding hydrogens is 312 g/mol. The zero-order valence-electron chi connectivity index (χ0n) is 11.4. The molecule has 0 saturated heterocycles. The molecule has 2 N–H and O–H groups in total. The Labute approximate surface area is 120 Å². The van der Waals surface area contributed by atoms with Crippen LogP contribution in [0.2, 0.25) is 0 Å². The van der Waals surface area contributed by atoms with Gasteiger partial charge in [0.2, 0.25) is 5.91 Å². The van der Waals surface area contributed by atoms with Crippen molar-refractivity contribution in [3.63, 3.8) is 0 Å². The number of anilines is 1. The van der Waals surface area contributed by atoms with Gasteiger partial charge in [-0.05, 0) is 36.2 Å². The summed E-state index contributed by atoms with van der Waals surface area (Å²) in [6, 6.07) is -0.431. The summed E-state index contributed by atoms with van der Waals surface area (Å²) in [5.41, 5.74) is 0.325. The van der Waals surface area contributed by atoms with Crippen LogP contribution in [0.5, 0.6) is 0 Å². The number of rotatable bonds is 6. The zero-order valence-corrected chi connectivity index (χ0v) is 13.0. The van der Waals surface area contributed by atoms with Crippen molar-refractivity contribution in [2.24, 2.45) is 0 Å². The van der Waals surface area contributed by atoms with Crippen molar-refractivity contribution in [2.45, 2.75) is 39.8 Å². The summed E-state index contributed by atoms with van der Waals surface area (Å²) < 4.78 is 1.79. The predicted molar refractivity (Wildman–Crippen MR) is 78.3 cm³/mol. The Kier molecular flexibility index (Phi) is 6.01. The number of hydrogen-bond acceptors (Lipinski definition) is 4. The molecule has 0 aliphatic carbocycles. The van der Waals surface area contributed by atoms with Crippen molar-refractivity contribution in [2.75, 3.05) is 11.9 Å². The molecule has 1 atom stereocenters. The fourth-order valence-corrected chi connectivity index (χ4v) is 1.98. The van der Waals surface area contributed by atoms with E-state index in [0.29, 0.717) is 23.2 Å². The van der Waals surface area contributed by atoms with E-state index < -0.39 is 6.04 Å². The minimum Gasteiger partial charge on any atom is -0.372 e. The van der Waals surface area contributed by atoms with Crippen LogP contribution in [0.3, 0.4) is 0 Å². The lowest BCUT2D eigenvalue weighted by molar-refractivity contribution is -0.121. The number of amides is 1. The van der Waals surface area contributed by atoms with E-state index in [1.807, 2.05) is 13.8 Å².